The quantitative estimate of drug-likeness (QED) is 0.178. The molecule has 0 aromatic heterocycles. The molecule has 0 amide bonds. The van der Waals surface area contributed by atoms with Crippen LogP contribution in [0.25, 0.3) is 0 Å². The topological polar surface area (TPSA) is 84.4 Å². The Bertz CT molecular complexity index is 421. The van der Waals surface area contributed by atoms with Crippen LogP contribution in [-0.4, -0.2) is 38.4 Å². The SMILES string of the molecule is C=NC(=NCCNCC)C(C)=C(N)/C=C(\C)O/N=C/C. The summed E-state index contributed by atoms with van der Waals surface area (Å²) in [5, 5.41) is 6.86. The van der Waals surface area contributed by atoms with Gasteiger partial charge in [0.15, 0.2) is 5.84 Å². The van der Waals surface area contributed by atoms with E-state index in [1.807, 2.05) is 13.8 Å². The van der Waals surface area contributed by atoms with Crippen LogP contribution >= 0.6 is 0 Å². The molecule has 0 rings (SSSR count). The van der Waals surface area contributed by atoms with Crippen LogP contribution < -0.4 is 11.1 Å². The third-order valence-corrected chi connectivity index (χ3v) is 2.38. The van der Waals surface area contributed by atoms with E-state index in [9.17, 15) is 0 Å². The van der Waals surface area contributed by atoms with E-state index in [4.69, 9.17) is 10.6 Å². The Morgan fingerprint density at radius 1 is 1.40 bits per heavy atom. The average molecular weight is 279 g/mol. The van der Waals surface area contributed by atoms with E-state index in [0.717, 1.165) is 18.7 Å². The Balaban J connectivity index is 4.89. The van der Waals surface area contributed by atoms with Crippen molar-refractivity contribution in [1.29, 1.82) is 0 Å². The van der Waals surface area contributed by atoms with Crippen molar-refractivity contribution in [3.63, 3.8) is 0 Å². The van der Waals surface area contributed by atoms with Gasteiger partial charge in [-0.1, -0.05) is 12.1 Å². The Kier molecular flexibility index (Phi) is 9.86. The molecule has 0 heterocycles. The van der Waals surface area contributed by atoms with Crippen LogP contribution in [0.3, 0.4) is 0 Å². The first-order chi connectivity index (χ1) is 9.56. The van der Waals surface area contributed by atoms with Crippen LogP contribution in [0, 0.1) is 0 Å². The number of rotatable bonds is 8. The van der Waals surface area contributed by atoms with Crippen molar-refractivity contribution < 1.29 is 4.84 Å². The Hall–Kier alpha value is -1.95. The summed E-state index contributed by atoms with van der Waals surface area (Å²) < 4.78 is 0. The van der Waals surface area contributed by atoms with Crippen LogP contribution in [0.2, 0.25) is 0 Å². The highest BCUT2D eigenvalue weighted by molar-refractivity contribution is 6.01. The van der Waals surface area contributed by atoms with Crippen molar-refractivity contribution in [2.24, 2.45) is 20.9 Å². The maximum atomic E-state index is 5.98. The first-order valence-corrected chi connectivity index (χ1v) is 6.58. The third kappa shape index (κ3) is 7.48. The fraction of sp³-hybridized carbons (Fsp3) is 0.500. The van der Waals surface area contributed by atoms with Crippen molar-refractivity contribution >= 4 is 18.8 Å². The number of hydrogen-bond acceptors (Lipinski definition) is 5. The molecular weight excluding hydrogens is 254 g/mol. The van der Waals surface area contributed by atoms with E-state index < -0.39 is 0 Å². The lowest BCUT2D eigenvalue weighted by Crippen LogP contribution is -2.17. The number of nitrogens with zero attached hydrogens (tertiary/aromatic N) is 3. The molecule has 3 N–H and O–H groups in total. The number of oxime groups is 1. The second-order valence-corrected chi connectivity index (χ2v) is 4.01. The van der Waals surface area contributed by atoms with Crippen molar-refractivity contribution in [3.05, 3.63) is 23.1 Å². The number of likely N-dealkylation sites (N-methyl/N-ethyl adjacent to an activating group) is 1. The predicted octanol–water partition coefficient (Wildman–Crippen LogP) is 1.85. The zero-order chi connectivity index (χ0) is 15.4. The molecule has 0 aliphatic carbocycles. The number of amidine groups is 1. The minimum Gasteiger partial charge on any atom is -0.398 e. The highest BCUT2D eigenvalue weighted by Crippen LogP contribution is 2.07. The van der Waals surface area contributed by atoms with Crippen molar-refractivity contribution in [2.45, 2.75) is 27.7 Å². The lowest BCUT2D eigenvalue weighted by atomic mass is 10.2. The van der Waals surface area contributed by atoms with Crippen molar-refractivity contribution in [1.82, 2.24) is 5.32 Å². The molecule has 0 aliphatic rings. The van der Waals surface area contributed by atoms with E-state index in [-0.39, 0.29) is 0 Å². The summed E-state index contributed by atoms with van der Waals surface area (Å²) in [4.78, 5) is 13.3. The van der Waals surface area contributed by atoms with E-state index in [1.54, 1.807) is 26.1 Å². The maximum absolute atomic E-state index is 5.98. The lowest BCUT2D eigenvalue weighted by Gasteiger charge is -2.05. The highest BCUT2D eigenvalue weighted by atomic mass is 16.6. The van der Waals surface area contributed by atoms with Crippen LogP contribution in [0.4, 0.5) is 0 Å². The fourth-order valence-electron chi connectivity index (χ4n) is 1.32. The standard InChI is InChI=1S/C14H25N5O/c1-6-17-8-9-18-14(16-5)12(4)13(15)10-11(3)20-19-7-2/h7,10,17H,5-6,8-9,15H2,1-4H3/b11-10+,13-12?,18-14?,19-7+. The molecule has 6 heteroatoms. The zero-order valence-corrected chi connectivity index (χ0v) is 12.8. The Labute approximate surface area is 121 Å². The second kappa shape index (κ2) is 10.9. The first kappa shape index (κ1) is 18.0. The van der Waals surface area contributed by atoms with Crippen LogP contribution in [-0.2, 0) is 4.84 Å². The molecule has 0 aromatic carbocycles. The second-order valence-electron chi connectivity index (χ2n) is 4.01. The van der Waals surface area contributed by atoms with Gasteiger partial charge < -0.3 is 15.9 Å². The highest BCUT2D eigenvalue weighted by Gasteiger charge is 2.04. The molecule has 0 saturated carbocycles. The monoisotopic (exact) mass is 279 g/mol. The smallest absolute Gasteiger partial charge is 0.151 e. The number of hydrogen-bond donors (Lipinski definition) is 2. The minimum absolute atomic E-state index is 0.531. The molecule has 0 radical (unpaired) electrons. The van der Waals surface area contributed by atoms with Crippen molar-refractivity contribution in [3.8, 4) is 0 Å². The van der Waals surface area contributed by atoms with Gasteiger partial charge in [0.25, 0.3) is 0 Å². The van der Waals surface area contributed by atoms with Gasteiger partial charge in [0.2, 0.25) is 0 Å². The molecule has 0 unspecified atom stereocenters. The van der Waals surface area contributed by atoms with Gasteiger partial charge in [0, 0.05) is 30.1 Å². The molecule has 0 saturated heterocycles. The summed E-state index contributed by atoms with van der Waals surface area (Å²) in [5.74, 6) is 1.14. The molecule has 20 heavy (non-hydrogen) atoms. The molecule has 0 spiro atoms. The van der Waals surface area contributed by atoms with Crippen molar-refractivity contribution in [2.75, 3.05) is 19.6 Å². The molecule has 0 fully saturated rings. The summed E-state index contributed by atoms with van der Waals surface area (Å²) in [5.41, 5.74) is 7.28. The number of nitrogens with one attached hydrogen (secondary N) is 1. The fourth-order valence-corrected chi connectivity index (χ4v) is 1.32. The summed E-state index contributed by atoms with van der Waals surface area (Å²) in [6.45, 7) is 13.3. The number of nitrogens with two attached hydrogens (primary N) is 1. The Morgan fingerprint density at radius 2 is 2.10 bits per heavy atom. The zero-order valence-electron chi connectivity index (χ0n) is 12.8. The molecule has 0 atom stereocenters. The van der Waals surface area contributed by atoms with Gasteiger partial charge in [0.1, 0.15) is 5.76 Å². The normalized spacial score (nSPS) is 14.4. The summed E-state index contributed by atoms with van der Waals surface area (Å²) in [6.07, 6.45) is 3.25. The lowest BCUT2D eigenvalue weighted by molar-refractivity contribution is 0.231. The van der Waals surface area contributed by atoms with Gasteiger partial charge in [-0.25, -0.2) is 4.99 Å². The summed E-state index contributed by atoms with van der Waals surface area (Å²) >= 11 is 0. The number of aliphatic imine (C=N–C) groups is 2. The van der Waals surface area contributed by atoms with Gasteiger partial charge in [-0.15, -0.1) is 0 Å². The largest absolute Gasteiger partial charge is 0.398 e. The maximum Gasteiger partial charge on any atom is 0.151 e. The molecule has 0 aliphatic heterocycles. The Morgan fingerprint density at radius 3 is 2.65 bits per heavy atom. The minimum atomic E-state index is 0.531. The van der Waals surface area contributed by atoms with Gasteiger partial charge in [-0.3, -0.25) is 4.99 Å². The summed E-state index contributed by atoms with van der Waals surface area (Å²) in [7, 11) is 0. The third-order valence-electron chi connectivity index (χ3n) is 2.38. The molecule has 0 bridgehead atoms. The molecule has 112 valence electrons. The van der Waals surface area contributed by atoms with Gasteiger partial charge >= 0.3 is 0 Å². The summed E-state index contributed by atoms with van der Waals surface area (Å²) in [6, 6.07) is 0. The van der Waals surface area contributed by atoms with Gasteiger partial charge in [0.05, 0.1) is 6.54 Å². The predicted molar refractivity (Wildman–Crippen MR) is 86.3 cm³/mol. The average Bonchev–Trinajstić information content (AvgIpc) is 2.44. The van der Waals surface area contributed by atoms with Crippen LogP contribution in [0.15, 0.2) is 38.2 Å². The van der Waals surface area contributed by atoms with E-state index >= 15 is 0 Å². The van der Waals surface area contributed by atoms with E-state index in [2.05, 4.69) is 27.2 Å². The van der Waals surface area contributed by atoms with E-state index in [1.165, 1.54) is 0 Å². The molecule has 0 aromatic rings. The molecular formula is C14H25N5O. The first-order valence-electron chi connectivity index (χ1n) is 6.58. The van der Waals surface area contributed by atoms with Crippen LogP contribution in [0.1, 0.15) is 27.7 Å². The number of allylic oxidation sites excluding steroid dienone is 2. The van der Waals surface area contributed by atoms with E-state index in [0.29, 0.717) is 23.8 Å². The van der Waals surface area contributed by atoms with Crippen LogP contribution in [0.5, 0.6) is 0 Å². The van der Waals surface area contributed by atoms with Gasteiger partial charge in [-0.2, -0.15) is 0 Å². The van der Waals surface area contributed by atoms with Gasteiger partial charge in [-0.05, 0) is 34.0 Å². The molecule has 6 nitrogen and oxygen atoms in total.